The van der Waals surface area contributed by atoms with E-state index in [0.29, 0.717) is 13.2 Å². The standard InChI is InChI=1S/C13H16N2O3/c1-9-3-5-11(6-4-9)10(2)12(16)14-15-7-8-18-13(15)17/h3-6,10H,7-8H2,1-2H3,(H,14,16). The second kappa shape index (κ2) is 5.08. The Bertz CT molecular complexity index is 456. The van der Waals surface area contributed by atoms with E-state index < -0.39 is 6.09 Å². The van der Waals surface area contributed by atoms with Crippen molar-refractivity contribution < 1.29 is 14.3 Å². The monoisotopic (exact) mass is 248 g/mol. The summed E-state index contributed by atoms with van der Waals surface area (Å²) in [5, 5.41) is 1.20. The predicted octanol–water partition coefficient (Wildman–Crippen LogP) is 1.58. The summed E-state index contributed by atoms with van der Waals surface area (Å²) >= 11 is 0. The number of ether oxygens (including phenoxy) is 1. The van der Waals surface area contributed by atoms with Gasteiger partial charge >= 0.3 is 6.09 Å². The maximum atomic E-state index is 12.0. The Morgan fingerprint density at radius 3 is 2.61 bits per heavy atom. The molecule has 0 aromatic heterocycles. The zero-order valence-corrected chi connectivity index (χ0v) is 10.5. The summed E-state index contributed by atoms with van der Waals surface area (Å²) in [4.78, 5) is 23.2. The van der Waals surface area contributed by atoms with E-state index in [4.69, 9.17) is 4.74 Å². The summed E-state index contributed by atoms with van der Waals surface area (Å²) in [6.45, 7) is 4.51. The lowest BCUT2D eigenvalue weighted by molar-refractivity contribution is -0.125. The number of rotatable bonds is 3. The molecule has 2 rings (SSSR count). The van der Waals surface area contributed by atoms with Gasteiger partial charge in [0, 0.05) is 0 Å². The number of amides is 2. The molecule has 5 heteroatoms. The molecule has 1 aliphatic heterocycles. The first-order valence-electron chi connectivity index (χ1n) is 5.89. The van der Waals surface area contributed by atoms with Crippen LogP contribution in [0.25, 0.3) is 0 Å². The molecule has 1 unspecified atom stereocenters. The third-order valence-corrected chi connectivity index (χ3v) is 2.98. The number of carbonyl (C=O) groups excluding carboxylic acids is 2. The molecule has 1 aromatic carbocycles. The fourth-order valence-electron chi connectivity index (χ4n) is 1.73. The Balaban J connectivity index is 2.00. The van der Waals surface area contributed by atoms with E-state index in [2.05, 4.69) is 5.43 Å². The molecular formula is C13H16N2O3. The first-order valence-corrected chi connectivity index (χ1v) is 5.89. The average Bonchev–Trinajstić information content (AvgIpc) is 2.75. The lowest BCUT2D eigenvalue weighted by Crippen LogP contribution is -2.44. The van der Waals surface area contributed by atoms with E-state index >= 15 is 0 Å². The molecule has 2 amide bonds. The summed E-state index contributed by atoms with van der Waals surface area (Å²) in [5.41, 5.74) is 4.63. The fraction of sp³-hybridized carbons (Fsp3) is 0.385. The highest BCUT2D eigenvalue weighted by molar-refractivity contribution is 5.85. The Kier molecular flexibility index (Phi) is 3.50. The van der Waals surface area contributed by atoms with Gasteiger partial charge in [0.1, 0.15) is 6.61 Å². The van der Waals surface area contributed by atoms with E-state index in [1.807, 2.05) is 31.2 Å². The van der Waals surface area contributed by atoms with Gasteiger partial charge in [-0.25, -0.2) is 9.80 Å². The molecule has 1 aromatic rings. The highest BCUT2D eigenvalue weighted by atomic mass is 16.6. The van der Waals surface area contributed by atoms with Crippen LogP contribution in [0, 0.1) is 6.92 Å². The number of hydrogen-bond acceptors (Lipinski definition) is 3. The van der Waals surface area contributed by atoms with Gasteiger partial charge in [0.25, 0.3) is 0 Å². The van der Waals surface area contributed by atoms with Crippen LogP contribution in [0.2, 0.25) is 0 Å². The molecule has 1 fully saturated rings. The zero-order valence-electron chi connectivity index (χ0n) is 10.5. The van der Waals surface area contributed by atoms with Gasteiger partial charge in [0.05, 0.1) is 12.5 Å². The van der Waals surface area contributed by atoms with Gasteiger partial charge in [0.2, 0.25) is 5.91 Å². The normalized spacial score (nSPS) is 16.3. The van der Waals surface area contributed by atoms with Crippen molar-refractivity contribution in [2.24, 2.45) is 0 Å². The Hall–Kier alpha value is -2.04. The molecular weight excluding hydrogens is 232 g/mol. The molecule has 0 aliphatic carbocycles. The maximum absolute atomic E-state index is 12.0. The van der Waals surface area contributed by atoms with Gasteiger partial charge in [-0.1, -0.05) is 29.8 Å². The summed E-state index contributed by atoms with van der Waals surface area (Å²) in [5.74, 6) is -0.517. The van der Waals surface area contributed by atoms with E-state index in [9.17, 15) is 9.59 Å². The molecule has 0 bridgehead atoms. The molecule has 0 saturated carbocycles. The first-order chi connectivity index (χ1) is 8.58. The molecule has 5 nitrogen and oxygen atoms in total. The molecule has 1 heterocycles. The second-order valence-corrected chi connectivity index (χ2v) is 4.37. The van der Waals surface area contributed by atoms with Crippen molar-refractivity contribution in [2.75, 3.05) is 13.2 Å². The summed E-state index contributed by atoms with van der Waals surface area (Å²) in [6, 6.07) is 7.76. The fourth-order valence-corrected chi connectivity index (χ4v) is 1.73. The quantitative estimate of drug-likeness (QED) is 0.883. The molecule has 1 atom stereocenters. The van der Waals surface area contributed by atoms with Crippen LogP contribution < -0.4 is 5.43 Å². The van der Waals surface area contributed by atoms with Crippen LogP contribution in [-0.4, -0.2) is 30.2 Å². The third kappa shape index (κ3) is 2.61. The van der Waals surface area contributed by atoms with E-state index in [1.54, 1.807) is 6.92 Å². The summed E-state index contributed by atoms with van der Waals surface area (Å²) < 4.78 is 4.74. The number of hydrazine groups is 1. The van der Waals surface area contributed by atoms with Gasteiger partial charge in [-0.2, -0.15) is 0 Å². The van der Waals surface area contributed by atoms with Crippen LogP contribution in [0.1, 0.15) is 24.0 Å². The first kappa shape index (κ1) is 12.4. The molecule has 0 radical (unpaired) electrons. The lowest BCUT2D eigenvalue weighted by Gasteiger charge is -2.18. The van der Waals surface area contributed by atoms with Gasteiger partial charge in [-0.3, -0.25) is 10.2 Å². The van der Waals surface area contributed by atoms with Crippen molar-refractivity contribution in [3.8, 4) is 0 Å². The largest absolute Gasteiger partial charge is 0.446 e. The minimum Gasteiger partial charge on any atom is -0.446 e. The maximum Gasteiger partial charge on any atom is 0.428 e. The number of hydrogen-bond donors (Lipinski definition) is 1. The summed E-state index contributed by atoms with van der Waals surface area (Å²) in [7, 11) is 0. The molecule has 1 saturated heterocycles. The van der Waals surface area contributed by atoms with Crippen molar-refractivity contribution in [2.45, 2.75) is 19.8 Å². The summed E-state index contributed by atoms with van der Waals surface area (Å²) in [6.07, 6.45) is -0.501. The van der Waals surface area contributed by atoms with E-state index in [-0.39, 0.29) is 11.8 Å². The molecule has 18 heavy (non-hydrogen) atoms. The van der Waals surface area contributed by atoms with Crippen LogP contribution in [0.5, 0.6) is 0 Å². The highest BCUT2D eigenvalue weighted by Crippen LogP contribution is 2.16. The van der Waals surface area contributed by atoms with E-state index in [1.165, 1.54) is 5.01 Å². The SMILES string of the molecule is Cc1ccc(C(C)C(=O)NN2CCOC2=O)cc1. The third-order valence-electron chi connectivity index (χ3n) is 2.98. The van der Waals surface area contributed by atoms with Crippen molar-refractivity contribution in [3.05, 3.63) is 35.4 Å². The number of carbonyl (C=O) groups is 2. The van der Waals surface area contributed by atoms with Gasteiger partial charge < -0.3 is 4.74 Å². The minimum absolute atomic E-state index is 0.210. The van der Waals surface area contributed by atoms with Gasteiger partial charge in [0.15, 0.2) is 0 Å². The van der Waals surface area contributed by atoms with Crippen molar-refractivity contribution in [3.63, 3.8) is 0 Å². The van der Waals surface area contributed by atoms with Crippen LogP contribution >= 0.6 is 0 Å². The minimum atomic E-state index is -0.501. The predicted molar refractivity (Wildman–Crippen MR) is 65.8 cm³/mol. The Morgan fingerprint density at radius 1 is 1.39 bits per heavy atom. The van der Waals surface area contributed by atoms with Crippen molar-refractivity contribution in [1.82, 2.24) is 10.4 Å². The Labute approximate surface area is 106 Å². The second-order valence-electron chi connectivity index (χ2n) is 4.37. The number of aryl methyl sites for hydroxylation is 1. The number of nitrogens with one attached hydrogen (secondary N) is 1. The zero-order chi connectivity index (χ0) is 13.1. The Morgan fingerprint density at radius 2 is 2.06 bits per heavy atom. The highest BCUT2D eigenvalue weighted by Gasteiger charge is 2.26. The number of cyclic esters (lactones) is 1. The number of nitrogens with zero attached hydrogens (tertiary/aromatic N) is 1. The molecule has 96 valence electrons. The smallest absolute Gasteiger partial charge is 0.428 e. The lowest BCUT2D eigenvalue weighted by atomic mass is 9.99. The topological polar surface area (TPSA) is 58.6 Å². The van der Waals surface area contributed by atoms with Crippen LogP contribution in [0.3, 0.4) is 0 Å². The molecule has 1 aliphatic rings. The van der Waals surface area contributed by atoms with Crippen molar-refractivity contribution >= 4 is 12.0 Å². The van der Waals surface area contributed by atoms with E-state index in [0.717, 1.165) is 11.1 Å². The van der Waals surface area contributed by atoms with Crippen LogP contribution in [-0.2, 0) is 9.53 Å². The van der Waals surface area contributed by atoms with Crippen LogP contribution in [0.15, 0.2) is 24.3 Å². The van der Waals surface area contributed by atoms with Crippen LogP contribution in [0.4, 0.5) is 4.79 Å². The van der Waals surface area contributed by atoms with Gasteiger partial charge in [-0.15, -0.1) is 0 Å². The molecule has 1 N–H and O–H groups in total. The average molecular weight is 248 g/mol. The molecule has 0 spiro atoms. The van der Waals surface area contributed by atoms with Gasteiger partial charge in [-0.05, 0) is 19.4 Å². The van der Waals surface area contributed by atoms with Crippen molar-refractivity contribution in [1.29, 1.82) is 0 Å². The number of benzene rings is 1.